The van der Waals surface area contributed by atoms with Gasteiger partial charge in [0.05, 0.1) is 13.0 Å². The quantitative estimate of drug-likeness (QED) is 0.660. The van der Waals surface area contributed by atoms with Crippen LogP contribution in [0.3, 0.4) is 0 Å². The van der Waals surface area contributed by atoms with Crippen molar-refractivity contribution < 1.29 is 19.1 Å². The molecular weight excluding hydrogens is 316 g/mol. The van der Waals surface area contributed by atoms with E-state index < -0.39 is 11.6 Å². The first kappa shape index (κ1) is 16.0. The molecule has 1 fully saturated rings. The average molecular weight is 336 g/mol. The summed E-state index contributed by atoms with van der Waals surface area (Å²) >= 11 is 1.62. The van der Waals surface area contributed by atoms with Crippen molar-refractivity contribution in [2.75, 3.05) is 13.2 Å². The van der Waals surface area contributed by atoms with Crippen LogP contribution in [-0.2, 0) is 26.3 Å². The molecule has 1 spiro atoms. The van der Waals surface area contributed by atoms with Crippen molar-refractivity contribution in [3.8, 4) is 0 Å². The van der Waals surface area contributed by atoms with Crippen molar-refractivity contribution in [3.05, 3.63) is 21.9 Å². The van der Waals surface area contributed by atoms with Crippen molar-refractivity contribution in [1.29, 1.82) is 0 Å². The molecule has 7 heteroatoms. The highest BCUT2D eigenvalue weighted by molar-refractivity contribution is 7.10. The first-order valence-electron chi connectivity index (χ1n) is 7.95. The second-order valence-corrected chi connectivity index (χ2v) is 6.87. The van der Waals surface area contributed by atoms with E-state index in [1.807, 2.05) is 18.4 Å². The minimum atomic E-state index is -0.933. The number of fused-ring (bicyclic) bond motifs is 2. The van der Waals surface area contributed by atoms with Gasteiger partial charge < -0.3 is 10.1 Å². The summed E-state index contributed by atoms with van der Waals surface area (Å²) in [6, 6.07) is 1.51. The highest BCUT2D eigenvalue weighted by Gasteiger charge is 2.54. The van der Waals surface area contributed by atoms with Gasteiger partial charge in [-0.25, -0.2) is 4.79 Å². The summed E-state index contributed by atoms with van der Waals surface area (Å²) in [5.41, 5.74) is -0.0130. The highest BCUT2D eigenvalue weighted by atomic mass is 32.1. The van der Waals surface area contributed by atoms with E-state index in [9.17, 15) is 14.4 Å². The average Bonchev–Trinajstić information content (AvgIpc) is 3.10. The Morgan fingerprint density at radius 3 is 3.09 bits per heavy atom. The number of ether oxygens (including phenoxy) is 1. The zero-order chi connectivity index (χ0) is 16.4. The number of urea groups is 1. The Bertz CT molecular complexity index is 642. The first-order chi connectivity index (χ1) is 11.1. The molecule has 23 heavy (non-hydrogen) atoms. The van der Waals surface area contributed by atoms with Gasteiger partial charge in [-0.05, 0) is 37.1 Å². The molecule has 1 atom stereocenters. The lowest BCUT2D eigenvalue weighted by atomic mass is 9.80. The topological polar surface area (TPSA) is 75.7 Å². The third-order valence-corrected chi connectivity index (χ3v) is 5.32. The smallest absolute Gasteiger partial charge is 0.325 e. The third kappa shape index (κ3) is 2.73. The van der Waals surface area contributed by atoms with Crippen LogP contribution in [-0.4, -0.2) is 36.0 Å². The van der Waals surface area contributed by atoms with Crippen molar-refractivity contribution in [3.63, 3.8) is 0 Å². The molecule has 0 aromatic carbocycles. The maximum Gasteiger partial charge on any atom is 0.325 e. The van der Waals surface area contributed by atoms with Gasteiger partial charge in [0.1, 0.15) is 5.54 Å². The number of hydrogen-bond acceptors (Lipinski definition) is 5. The summed E-state index contributed by atoms with van der Waals surface area (Å²) in [7, 11) is 0. The first-order valence-corrected chi connectivity index (χ1v) is 8.83. The molecule has 1 aliphatic heterocycles. The molecular formula is C16H20N2O4S. The summed E-state index contributed by atoms with van der Waals surface area (Å²) in [5.74, 6) is -0.626. The molecule has 124 valence electrons. The van der Waals surface area contributed by atoms with Crippen molar-refractivity contribution in [1.82, 2.24) is 10.2 Å². The van der Waals surface area contributed by atoms with Crippen LogP contribution in [0.5, 0.6) is 0 Å². The Balaban J connectivity index is 1.73. The molecule has 3 amide bonds. The van der Waals surface area contributed by atoms with Gasteiger partial charge in [-0.1, -0.05) is 6.92 Å². The van der Waals surface area contributed by atoms with Crippen molar-refractivity contribution >= 4 is 29.2 Å². The molecule has 2 heterocycles. The number of esters is 1. The molecule has 0 bridgehead atoms. The number of nitrogens with zero attached hydrogens (tertiary/aromatic N) is 1. The number of hydrogen-bond donors (Lipinski definition) is 1. The zero-order valence-corrected chi connectivity index (χ0v) is 13.9. The fourth-order valence-corrected chi connectivity index (χ4v) is 4.24. The lowest BCUT2D eigenvalue weighted by molar-refractivity contribution is -0.144. The molecule has 1 aliphatic carbocycles. The molecule has 1 N–H and O–H groups in total. The standard InChI is InChI=1S/C16H20N2O4S/c1-2-9-22-13(19)5-8-18-14(20)16(17-15(18)21)7-3-4-12-11(16)6-10-23-12/h6,10H,2-5,7-9H2,1H3,(H,17,21)/t16-/m1/s1. The highest BCUT2D eigenvalue weighted by Crippen LogP contribution is 2.42. The SMILES string of the molecule is CCCOC(=O)CCN1C(=O)N[C@@]2(CCCc3sccc32)C1=O. The number of thiophene rings is 1. The van der Waals surface area contributed by atoms with Crippen LogP contribution in [0, 0.1) is 0 Å². The van der Waals surface area contributed by atoms with Crippen molar-refractivity contribution in [2.24, 2.45) is 0 Å². The Kier molecular flexibility index (Phi) is 4.39. The Morgan fingerprint density at radius 1 is 1.48 bits per heavy atom. The van der Waals surface area contributed by atoms with Gasteiger partial charge in [0.25, 0.3) is 5.91 Å². The predicted molar refractivity (Wildman–Crippen MR) is 85.0 cm³/mol. The van der Waals surface area contributed by atoms with Gasteiger partial charge >= 0.3 is 12.0 Å². The van der Waals surface area contributed by atoms with E-state index in [0.717, 1.165) is 34.6 Å². The van der Waals surface area contributed by atoms with E-state index >= 15 is 0 Å². The Labute approximate surface area is 138 Å². The van der Waals surface area contributed by atoms with Crippen molar-refractivity contribution in [2.45, 2.75) is 44.6 Å². The van der Waals surface area contributed by atoms with Crippen LogP contribution in [0.15, 0.2) is 11.4 Å². The Hall–Kier alpha value is -1.89. The van der Waals surface area contributed by atoms with Crippen LogP contribution < -0.4 is 5.32 Å². The molecule has 1 aromatic rings. The third-order valence-electron chi connectivity index (χ3n) is 4.34. The predicted octanol–water partition coefficient (Wildman–Crippen LogP) is 2.17. The summed E-state index contributed by atoms with van der Waals surface area (Å²) < 4.78 is 5.00. The number of carbonyl (C=O) groups is 3. The van der Waals surface area contributed by atoms with Gasteiger partial charge in [0, 0.05) is 17.0 Å². The van der Waals surface area contributed by atoms with Gasteiger partial charge in [0.2, 0.25) is 0 Å². The van der Waals surface area contributed by atoms with Crippen LogP contribution in [0.4, 0.5) is 4.79 Å². The van der Waals surface area contributed by atoms with Gasteiger partial charge in [0.15, 0.2) is 0 Å². The van der Waals surface area contributed by atoms with E-state index in [1.165, 1.54) is 0 Å². The molecule has 0 radical (unpaired) electrons. The fourth-order valence-electron chi connectivity index (χ4n) is 3.24. The molecule has 6 nitrogen and oxygen atoms in total. The van der Waals surface area contributed by atoms with E-state index in [2.05, 4.69) is 5.32 Å². The van der Waals surface area contributed by atoms with Crippen LogP contribution in [0.1, 0.15) is 43.0 Å². The van der Waals surface area contributed by atoms with Gasteiger partial charge in [-0.15, -0.1) is 11.3 Å². The monoisotopic (exact) mass is 336 g/mol. The molecule has 1 aromatic heterocycles. The largest absolute Gasteiger partial charge is 0.466 e. The molecule has 2 aliphatic rings. The number of carbonyl (C=O) groups excluding carboxylic acids is 3. The van der Waals surface area contributed by atoms with E-state index in [-0.39, 0.29) is 24.8 Å². The second kappa shape index (κ2) is 6.31. The number of amides is 3. The normalized spacial score (nSPS) is 23.1. The minimum Gasteiger partial charge on any atom is -0.466 e. The molecule has 0 unspecified atom stereocenters. The van der Waals surface area contributed by atoms with Crippen LogP contribution in [0.25, 0.3) is 0 Å². The maximum absolute atomic E-state index is 12.9. The van der Waals surface area contributed by atoms with Gasteiger partial charge in [-0.2, -0.15) is 0 Å². The van der Waals surface area contributed by atoms with Crippen LogP contribution in [0.2, 0.25) is 0 Å². The van der Waals surface area contributed by atoms with Crippen LogP contribution >= 0.6 is 11.3 Å². The van der Waals surface area contributed by atoms with Gasteiger partial charge in [-0.3, -0.25) is 14.5 Å². The summed E-state index contributed by atoms with van der Waals surface area (Å²) in [6.45, 7) is 2.34. The minimum absolute atomic E-state index is 0.0335. The summed E-state index contributed by atoms with van der Waals surface area (Å²) in [4.78, 5) is 39.1. The van der Waals surface area contributed by atoms with E-state index in [1.54, 1.807) is 11.3 Å². The maximum atomic E-state index is 12.9. The number of aryl methyl sites for hydroxylation is 1. The van der Waals surface area contributed by atoms with E-state index in [0.29, 0.717) is 13.0 Å². The number of imide groups is 1. The summed E-state index contributed by atoms with van der Waals surface area (Å²) in [5, 5.41) is 4.83. The van der Waals surface area contributed by atoms with E-state index in [4.69, 9.17) is 4.74 Å². The lowest BCUT2D eigenvalue weighted by Crippen LogP contribution is -2.46. The molecule has 3 rings (SSSR count). The lowest BCUT2D eigenvalue weighted by Gasteiger charge is -2.31. The number of rotatable bonds is 5. The Morgan fingerprint density at radius 2 is 2.30 bits per heavy atom. The fraction of sp³-hybridized carbons (Fsp3) is 0.562. The molecule has 0 saturated carbocycles. The zero-order valence-electron chi connectivity index (χ0n) is 13.1. The number of nitrogens with one attached hydrogen (secondary N) is 1. The second-order valence-electron chi connectivity index (χ2n) is 5.87. The molecule has 1 saturated heterocycles. The summed E-state index contributed by atoms with van der Waals surface area (Å²) in [6.07, 6.45) is 3.20.